The topological polar surface area (TPSA) is 87.0 Å². The number of aromatic carboxylic acids is 1. The molecule has 0 heterocycles. The molecule has 0 aliphatic carbocycles. The Morgan fingerprint density at radius 3 is 2.00 bits per heavy atom. The normalized spacial score (nSPS) is 10.5. The number of aromatic hydroxyl groups is 2. The number of ether oxygens (including phenoxy) is 1. The second-order valence-electron chi connectivity index (χ2n) is 4.37. The minimum absolute atomic E-state index is 0.146. The van der Waals surface area contributed by atoms with Crippen LogP contribution in [0.5, 0.6) is 17.2 Å². The first-order valence-electron chi connectivity index (χ1n) is 6.36. The molecule has 0 fully saturated rings. The highest BCUT2D eigenvalue weighted by Crippen LogP contribution is 2.43. The first-order valence-corrected chi connectivity index (χ1v) is 6.36. The molecule has 0 spiro atoms. The van der Waals surface area contributed by atoms with Crippen molar-refractivity contribution in [1.82, 2.24) is 0 Å². The minimum atomic E-state index is -1.31. The second-order valence-corrected chi connectivity index (χ2v) is 4.37. The first-order chi connectivity index (χ1) is 8.99. The zero-order valence-electron chi connectivity index (χ0n) is 11.5. The maximum Gasteiger partial charge on any atom is 0.343 e. The smallest absolute Gasteiger partial charge is 0.343 e. The van der Waals surface area contributed by atoms with Crippen LogP contribution in [0.15, 0.2) is 0 Å². The van der Waals surface area contributed by atoms with E-state index in [0.29, 0.717) is 24.0 Å². The lowest BCUT2D eigenvalue weighted by atomic mass is 9.93. The molecule has 0 unspecified atom stereocenters. The summed E-state index contributed by atoms with van der Waals surface area (Å²) >= 11 is 0. The maximum atomic E-state index is 11.2. The summed E-state index contributed by atoms with van der Waals surface area (Å²) in [6.07, 6.45) is 2.72. The Labute approximate surface area is 112 Å². The molecule has 1 rings (SSSR count). The first kappa shape index (κ1) is 15.1. The molecule has 0 bridgehead atoms. The molecule has 0 aliphatic rings. The maximum absolute atomic E-state index is 11.2. The van der Waals surface area contributed by atoms with Crippen molar-refractivity contribution < 1.29 is 24.9 Å². The lowest BCUT2D eigenvalue weighted by Gasteiger charge is -2.18. The molecule has 0 saturated carbocycles. The Morgan fingerprint density at radius 1 is 1.05 bits per heavy atom. The van der Waals surface area contributed by atoms with Crippen LogP contribution in [0.4, 0.5) is 0 Å². The van der Waals surface area contributed by atoms with E-state index in [1.807, 2.05) is 13.8 Å². The van der Waals surface area contributed by atoms with Crippen LogP contribution < -0.4 is 4.74 Å². The minimum Gasteiger partial charge on any atom is -0.504 e. The van der Waals surface area contributed by atoms with Crippen LogP contribution in [0.1, 0.15) is 48.2 Å². The average molecular weight is 268 g/mol. The van der Waals surface area contributed by atoms with Gasteiger partial charge in [0, 0.05) is 11.1 Å². The summed E-state index contributed by atoms with van der Waals surface area (Å²) in [4.78, 5) is 11.2. The molecule has 0 aromatic heterocycles. The Bertz CT molecular complexity index is 479. The van der Waals surface area contributed by atoms with Crippen molar-refractivity contribution >= 4 is 5.97 Å². The molecule has 3 N–H and O–H groups in total. The van der Waals surface area contributed by atoms with Gasteiger partial charge in [0.25, 0.3) is 0 Å². The Morgan fingerprint density at radius 2 is 1.58 bits per heavy atom. The molecule has 1 aromatic rings. The van der Waals surface area contributed by atoms with Gasteiger partial charge in [-0.1, -0.05) is 26.7 Å². The molecular formula is C14H20O5. The number of carboxylic acids is 1. The fraction of sp³-hybridized carbons (Fsp3) is 0.500. The van der Waals surface area contributed by atoms with Gasteiger partial charge in [-0.3, -0.25) is 0 Å². The predicted octanol–water partition coefficient (Wildman–Crippen LogP) is 2.71. The number of methoxy groups -OCH3 is 1. The lowest BCUT2D eigenvalue weighted by molar-refractivity contribution is 0.0689. The molecule has 0 saturated heterocycles. The number of carboxylic acid groups (broad SMARTS) is 1. The van der Waals surface area contributed by atoms with Crippen LogP contribution in [-0.2, 0) is 12.8 Å². The average Bonchev–Trinajstić information content (AvgIpc) is 2.37. The summed E-state index contributed by atoms with van der Waals surface area (Å²) in [5.41, 5.74) is 0.867. The lowest BCUT2D eigenvalue weighted by Crippen LogP contribution is -2.08. The van der Waals surface area contributed by atoms with Crippen molar-refractivity contribution in [3.05, 3.63) is 16.7 Å². The van der Waals surface area contributed by atoms with E-state index in [1.165, 1.54) is 7.11 Å². The summed E-state index contributed by atoms with van der Waals surface area (Å²) in [5, 5.41) is 29.1. The van der Waals surface area contributed by atoms with Crippen LogP contribution in [0.25, 0.3) is 0 Å². The highest BCUT2D eigenvalue weighted by Gasteiger charge is 2.27. The third-order valence-corrected chi connectivity index (χ3v) is 3.03. The van der Waals surface area contributed by atoms with Gasteiger partial charge in [0.05, 0.1) is 7.11 Å². The monoisotopic (exact) mass is 268 g/mol. The summed E-state index contributed by atoms with van der Waals surface area (Å²) in [7, 11) is 1.37. The molecule has 19 heavy (non-hydrogen) atoms. The van der Waals surface area contributed by atoms with Gasteiger partial charge in [-0.05, 0) is 12.8 Å². The number of phenols is 2. The van der Waals surface area contributed by atoms with Crippen molar-refractivity contribution in [3.8, 4) is 17.2 Å². The van der Waals surface area contributed by atoms with E-state index in [2.05, 4.69) is 0 Å². The molecule has 5 nitrogen and oxygen atoms in total. The SMILES string of the molecule is CCCc1c(O)c(O)c(C(=O)O)c(OC)c1CCC. The molecule has 5 heteroatoms. The van der Waals surface area contributed by atoms with Gasteiger partial charge in [-0.2, -0.15) is 0 Å². The third kappa shape index (κ3) is 2.75. The van der Waals surface area contributed by atoms with Crippen LogP contribution in [0.3, 0.4) is 0 Å². The predicted molar refractivity (Wildman–Crippen MR) is 71.3 cm³/mol. The zero-order chi connectivity index (χ0) is 14.6. The summed E-state index contributed by atoms with van der Waals surface area (Å²) in [6, 6.07) is 0. The summed E-state index contributed by atoms with van der Waals surface area (Å²) in [6.45, 7) is 3.91. The largest absolute Gasteiger partial charge is 0.504 e. The third-order valence-electron chi connectivity index (χ3n) is 3.03. The van der Waals surface area contributed by atoms with Gasteiger partial charge in [-0.25, -0.2) is 4.79 Å². The Kier molecular flexibility index (Phi) is 5.03. The van der Waals surface area contributed by atoms with Crippen LogP contribution in [0, 0.1) is 0 Å². The van der Waals surface area contributed by atoms with E-state index in [9.17, 15) is 15.0 Å². The number of rotatable bonds is 6. The molecule has 0 amide bonds. The van der Waals surface area contributed by atoms with Crippen molar-refractivity contribution in [2.75, 3.05) is 7.11 Å². The van der Waals surface area contributed by atoms with Crippen LogP contribution in [0.2, 0.25) is 0 Å². The van der Waals surface area contributed by atoms with E-state index in [4.69, 9.17) is 9.84 Å². The van der Waals surface area contributed by atoms with Crippen LogP contribution >= 0.6 is 0 Å². The van der Waals surface area contributed by atoms with Crippen molar-refractivity contribution in [2.45, 2.75) is 39.5 Å². The molecule has 0 atom stereocenters. The van der Waals surface area contributed by atoms with Crippen molar-refractivity contribution in [1.29, 1.82) is 0 Å². The van der Waals surface area contributed by atoms with Gasteiger partial charge in [0.15, 0.2) is 11.5 Å². The molecular weight excluding hydrogens is 248 g/mol. The van der Waals surface area contributed by atoms with Gasteiger partial charge >= 0.3 is 5.97 Å². The van der Waals surface area contributed by atoms with Crippen molar-refractivity contribution in [2.24, 2.45) is 0 Å². The highest BCUT2D eigenvalue weighted by atomic mass is 16.5. The number of benzene rings is 1. The Hall–Kier alpha value is -1.91. The summed E-state index contributed by atoms with van der Waals surface area (Å²) in [5.74, 6) is -2.13. The Balaban J connectivity index is 3.66. The number of hydrogen-bond acceptors (Lipinski definition) is 4. The van der Waals surface area contributed by atoms with E-state index in [1.54, 1.807) is 0 Å². The second kappa shape index (κ2) is 6.31. The molecule has 0 aliphatic heterocycles. The van der Waals surface area contributed by atoms with E-state index >= 15 is 0 Å². The van der Waals surface area contributed by atoms with E-state index in [0.717, 1.165) is 12.8 Å². The van der Waals surface area contributed by atoms with E-state index < -0.39 is 11.7 Å². The fourth-order valence-electron chi connectivity index (χ4n) is 2.26. The zero-order valence-corrected chi connectivity index (χ0v) is 11.5. The molecule has 106 valence electrons. The number of carbonyl (C=O) groups is 1. The standard InChI is InChI=1S/C14H20O5/c1-4-6-8-9(7-5-2)13(19-3)10(14(17)18)12(16)11(8)15/h15-16H,4-7H2,1-3H3,(H,17,18). The highest BCUT2D eigenvalue weighted by molar-refractivity contribution is 5.96. The molecule has 1 aromatic carbocycles. The van der Waals surface area contributed by atoms with E-state index in [-0.39, 0.29) is 17.1 Å². The van der Waals surface area contributed by atoms with Crippen LogP contribution in [-0.4, -0.2) is 28.4 Å². The van der Waals surface area contributed by atoms with Gasteiger partial charge in [0.2, 0.25) is 0 Å². The van der Waals surface area contributed by atoms with Gasteiger partial charge in [0.1, 0.15) is 11.3 Å². The quantitative estimate of drug-likeness (QED) is 0.690. The number of phenolic OH excluding ortho intramolecular Hbond substituents is 1. The van der Waals surface area contributed by atoms with Gasteiger partial charge in [-0.15, -0.1) is 0 Å². The summed E-state index contributed by atoms with van der Waals surface area (Å²) < 4.78 is 5.16. The van der Waals surface area contributed by atoms with Crippen molar-refractivity contribution in [3.63, 3.8) is 0 Å². The fourth-order valence-corrected chi connectivity index (χ4v) is 2.26. The number of hydrogen-bond donors (Lipinski definition) is 3. The molecule has 0 radical (unpaired) electrons. The van der Waals surface area contributed by atoms with Gasteiger partial charge < -0.3 is 20.1 Å².